The van der Waals surface area contributed by atoms with Crippen LogP contribution in [0.15, 0.2) is 30.5 Å². The third-order valence-corrected chi connectivity index (χ3v) is 6.10. The van der Waals surface area contributed by atoms with Crippen molar-refractivity contribution < 1.29 is 14.3 Å². The van der Waals surface area contributed by atoms with Crippen molar-refractivity contribution in [2.45, 2.75) is 32.4 Å². The average Bonchev–Trinajstić information content (AvgIpc) is 3.41. The highest BCUT2D eigenvalue weighted by molar-refractivity contribution is 7.08. The Hall–Kier alpha value is -3.27. The Balaban J connectivity index is 1.52. The van der Waals surface area contributed by atoms with E-state index in [1.54, 1.807) is 16.7 Å². The number of rotatable bonds is 6. The molecule has 2 aromatic heterocycles. The van der Waals surface area contributed by atoms with Crippen molar-refractivity contribution >= 4 is 23.3 Å². The molecule has 3 heterocycles. The van der Waals surface area contributed by atoms with E-state index in [-0.39, 0.29) is 18.4 Å². The summed E-state index contributed by atoms with van der Waals surface area (Å²) < 4.78 is 10.8. The second-order valence-electron chi connectivity index (χ2n) is 7.42. The molecular formula is C21H24N6O3S. The number of nitrogens with zero attached hydrogens (tertiary/aromatic N) is 5. The van der Waals surface area contributed by atoms with Gasteiger partial charge in [-0.25, -0.2) is 0 Å². The van der Waals surface area contributed by atoms with Gasteiger partial charge in [-0.2, -0.15) is 5.10 Å². The molecule has 1 aromatic carbocycles. The number of nitrogens with one attached hydrogen (secondary N) is 1. The summed E-state index contributed by atoms with van der Waals surface area (Å²) in [5.74, 6) is -0.0857. The number of carbonyl (C=O) groups excluding carboxylic acids is 2. The van der Waals surface area contributed by atoms with Crippen LogP contribution in [-0.4, -0.2) is 49.7 Å². The molecule has 4 rings (SSSR count). The number of hydrogen-bond donors (Lipinski definition) is 1. The first-order chi connectivity index (χ1) is 15.0. The van der Waals surface area contributed by atoms with E-state index in [1.807, 2.05) is 44.4 Å². The molecule has 1 aliphatic rings. The van der Waals surface area contributed by atoms with Crippen molar-refractivity contribution in [3.63, 3.8) is 0 Å². The van der Waals surface area contributed by atoms with E-state index in [2.05, 4.69) is 20.0 Å². The van der Waals surface area contributed by atoms with Gasteiger partial charge < -0.3 is 15.0 Å². The SMILES string of the molecule is CCc1nnsc1C(=O)N1Cc2cn(C)nc2[C@@H](C(=O)NCc2ccc(OC)cc2)C1. The molecule has 1 N–H and O–H groups in total. The van der Waals surface area contributed by atoms with Crippen LogP contribution in [0.2, 0.25) is 0 Å². The number of benzene rings is 1. The molecule has 0 bridgehead atoms. The van der Waals surface area contributed by atoms with E-state index in [4.69, 9.17) is 4.74 Å². The first-order valence-electron chi connectivity index (χ1n) is 10.0. The zero-order chi connectivity index (χ0) is 22.0. The molecule has 3 aromatic rings. The number of amides is 2. The molecular weight excluding hydrogens is 416 g/mol. The Bertz CT molecular complexity index is 1090. The highest BCUT2D eigenvalue weighted by atomic mass is 32.1. The maximum absolute atomic E-state index is 13.2. The fourth-order valence-corrected chi connectivity index (χ4v) is 4.43. The lowest BCUT2D eigenvalue weighted by Crippen LogP contribution is -2.43. The van der Waals surface area contributed by atoms with E-state index in [1.165, 1.54) is 0 Å². The molecule has 0 fully saturated rings. The fourth-order valence-electron chi connectivity index (χ4n) is 3.71. The van der Waals surface area contributed by atoms with E-state index in [0.717, 1.165) is 34.1 Å². The molecule has 0 radical (unpaired) electrons. The van der Waals surface area contributed by atoms with Gasteiger partial charge in [-0.05, 0) is 35.6 Å². The summed E-state index contributed by atoms with van der Waals surface area (Å²) in [6.45, 7) is 3.00. The maximum Gasteiger partial charge on any atom is 0.267 e. The summed E-state index contributed by atoms with van der Waals surface area (Å²) in [4.78, 5) is 28.5. The molecule has 1 aliphatic heterocycles. The predicted molar refractivity (Wildman–Crippen MR) is 115 cm³/mol. The van der Waals surface area contributed by atoms with Gasteiger partial charge >= 0.3 is 0 Å². The van der Waals surface area contributed by atoms with E-state index < -0.39 is 5.92 Å². The maximum atomic E-state index is 13.2. The van der Waals surface area contributed by atoms with Gasteiger partial charge in [0.2, 0.25) is 5.91 Å². The van der Waals surface area contributed by atoms with Crippen molar-refractivity contribution in [2.75, 3.05) is 13.7 Å². The van der Waals surface area contributed by atoms with Gasteiger partial charge in [0, 0.05) is 38.4 Å². The zero-order valence-corrected chi connectivity index (χ0v) is 18.5. The van der Waals surface area contributed by atoms with Gasteiger partial charge in [-0.1, -0.05) is 23.5 Å². The van der Waals surface area contributed by atoms with E-state index in [0.29, 0.717) is 30.1 Å². The largest absolute Gasteiger partial charge is 0.497 e. The normalized spacial score (nSPS) is 15.5. The van der Waals surface area contributed by atoms with Gasteiger partial charge in [0.1, 0.15) is 10.6 Å². The number of fused-ring (bicyclic) bond motifs is 1. The van der Waals surface area contributed by atoms with Crippen LogP contribution < -0.4 is 10.1 Å². The lowest BCUT2D eigenvalue weighted by molar-refractivity contribution is -0.123. The lowest BCUT2D eigenvalue weighted by atomic mass is 9.95. The number of aromatic nitrogens is 4. The molecule has 1 atom stereocenters. The minimum atomic E-state index is -0.543. The van der Waals surface area contributed by atoms with Crippen LogP contribution in [0.4, 0.5) is 0 Å². The first-order valence-corrected chi connectivity index (χ1v) is 10.8. The molecule has 31 heavy (non-hydrogen) atoms. The predicted octanol–water partition coefficient (Wildman–Crippen LogP) is 1.90. The smallest absolute Gasteiger partial charge is 0.267 e. The van der Waals surface area contributed by atoms with Crippen LogP contribution in [0.1, 0.15) is 45.0 Å². The Morgan fingerprint density at radius 2 is 2.06 bits per heavy atom. The van der Waals surface area contributed by atoms with Crippen LogP contribution in [-0.2, 0) is 31.4 Å². The molecule has 0 saturated carbocycles. The summed E-state index contributed by atoms with van der Waals surface area (Å²) >= 11 is 1.10. The third kappa shape index (κ3) is 4.29. The number of aryl methyl sites for hydroxylation is 2. The second-order valence-corrected chi connectivity index (χ2v) is 8.17. The van der Waals surface area contributed by atoms with Crippen molar-refractivity contribution in [1.82, 2.24) is 29.6 Å². The molecule has 0 unspecified atom stereocenters. The Morgan fingerprint density at radius 3 is 2.77 bits per heavy atom. The minimum Gasteiger partial charge on any atom is -0.497 e. The minimum absolute atomic E-state index is 0.144. The molecule has 0 aliphatic carbocycles. The van der Waals surface area contributed by atoms with Crippen molar-refractivity contribution in [3.8, 4) is 5.75 Å². The van der Waals surface area contributed by atoms with Gasteiger partial charge in [0.25, 0.3) is 5.91 Å². The Kier molecular flexibility index (Phi) is 5.99. The molecule has 162 valence electrons. The zero-order valence-electron chi connectivity index (χ0n) is 17.7. The molecule has 9 nitrogen and oxygen atoms in total. The van der Waals surface area contributed by atoms with Crippen molar-refractivity contribution in [2.24, 2.45) is 7.05 Å². The standard InChI is InChI=1S/C21H24N6O3S/c1-4-17-19(31-25-23-17)21(29)27-11-14-10-26(2)24-18(14)16(12-27)20(28)22-9-13-5-7-15(30-3)8-6-13/h5-8,10,16H,4,9,11-12H2,1-3H3,(H,22,28)/t16-/m0/s1. The summed E-state index contributed by atoms with van der Waals surface area (Å²) in [5.41, 5.74) is 3.24. The van der Waals surface area contributed by atoms with Crippen molar-refractivity contribution in [1.29, 1.82) is 0 Å². The lowest BCUT2D eigenvalue weighted by Gasteiger charge is -2.31. The number of carbonyl (C=O) groups is 2. The van der Waals surface area contributed by atoms with Gasteiger partial charge in [-0.15, -0.1) is 5.10 Å². The number of hydrogen-bond acceptors (Lipinski definition) is 7. The molecule has 0 spiro atoms. The number of methoxy groups -OCH3 is 1. The van der Waals surface area contributed by atoms with Crippen LogP contribution >= 0.6 is 11.5 Å². The summed E-state index contributed by atoms with van der Waals surface area (Å²) in [6, 6.07) is 7.53. The Labute approximate surface area is 184 Å². The summed E-state index contributed by atoms with van der Waals surface area (Å²) in [7, 11) is 3.43. The monoisotopic (exact) mass is 440 g/mol. The third-order valence-electron chi connectivity index (χ3n) is 5.35. The van der Waals surface area contributed by atoms with Crippen LogP contribution in [0.25, 0.3) is 0 Å². The van der Waals surface area contributed by atoms with Crippen LogP contribution in [0.3, 0.4) is 0 Å². The van der Waals surface area contributed by atoms with Gasteiger partial charge in [-0.3, -0.25) is 14.3 Å². The fraction of sp³-hybridized carbons (Fsp3) is 0.381. The quantitative estimate of drug-likeness (QED) is 0.628. The first kappa shape index (κ1) is 21.0. The van der Waals surface area contributed by atoms with Gasteiger partial charge in [0.15, 0.2) is 0 Å². The summed E-state index contributed by atoms with van der Waals surface area (Å²) in [6.07, 6.45) is 2.50. The van der Waals surface area contributed by atoms with Gasteiger partial charge in [0.05, 0.1) is 24.4 Å². The Morgan fingerprint density at radius 1 is 1.29 bits per heavy atom. The van der Waals surface area contributed by atoms with Crippen LogP contribution in [0, 0.1) is 0 Å². The molecule has 0 saturated heterocycles. The summed E-state index contributed by atoms with van der Waals surface area (Å²) in [5, 5.41) is 11.5. The second kappa shape index (κ2) is 8.84. The highest BCUT2D eigenvalue weighted by Crippen LogP contribution is 2.29. The number of ether oxygens (including phenoxy) is 1. The van der Waals surface area contributed by atoms with Crippen LogP contribution in [0.5, 0.6) is 5.75 Å². The van der Waals surface area contributed by atoms with E-state index in [9.17, 15) is 9.59 Å². The van der Waals surface area contributed by atoms with E-state index >= 15 is 0 Å². The molecule has 10 heteroatoms. The topological polar surface area (TPSA) is 102 Å². The molecule has 2 amide bonds. The van der Waals surface area contributed by atoms with Crippen molar-refractivity contribution in [3.05, 3.63) is 57.9 Å². The highest BCUT2D eigenvalue weighted by Gasteiger charge is 2.36. The average molecular weight is 441 g/mol.